The highest BCUT2D eigenvalue weighted by atomic mass is 16.3. The fourth-order valence-corrected chi connectivity index (χ4v) is 2.14. The topological polar surface area (TPSA) is 102 Å². The molecule has 0 aliphatic rings. The summed E-state index contributed by atoms with van der Waals surface area (Å²) in [6.45, 7) is 7.26. The maximum atomic E-state index is 12.4. The second kappa shape index (κ2) is 7.87. The Morgan fingerprint density at radius 2 is 1.87 bits per heavy atom. The normalized spacial score (nSPS) is 12.4. The third-order valence-electron chi connectivity index (χ3n) is 3.46. The number of amides is 2. The van der Waals surface area contributed by atoms with Crippen molar-refractivity contribution in [2.75, 3.05) is 13.2 Å². The van der Waals surface area contributed by atoms with Crippen LogP contribution in [0.3, 0.4) is 0 Å². The molecule has 0 heterocycles. The van der Waals surface area contributed by atoms with E-state index >= 15 is 0 Å². The standard InChI is InChI=1S/C17H25N3O3/c1-11-7-5-6-8-12(11)13(18)15(22)20-14(17(2,3)4)16(23)19-9-10-21/h5-8,14,18,21H,9-10H2,1-4H3,(H,19,23)(H,20,22). The molecule has 4 N–H and O–H groups in total. The lowest BCUT2D eigenvalue weighted by molar-refractivity contribution is -0.129. The van der Waals surface area contributed by atoms with Crippen molar-refractivity contribution in [1.29, 1.82) is 5.41 Å². The van der Waals surface area contributed by atoms with Crippen molar-refractivity contribution in [2.45, 2.75) is 33.7 Å². The second-order valence-corrected chi connectivity index (χ2v) is 6.48. The Kier molecular flexibility index (Phi) is 6.45. The molecule has 1 aromatic carbocycles. The summed E-state index contributed by atoms with van der Waals surface area (Å²) in [7, 11) is 0. The molecule has 0 saturated carbocycles. The van der Waals surface area contributed by atoms with Gasteiger partial charge in [-0.05, 0) is 17.9 Å². The predicted octanol–water partition coefficient (Wildman–Crippen LogP) is 1.00. The third kappa shape index (κ3) is 5.17. The molecule has 0 aromatic heterocycles. The molecule has 1 rings (SSSR count). The number of carbonyl (C=O) groups is 2. The Bertz CT molecular complexity index is 591. The van der Waals surface area contributed by atoms with E-state index in [1.165, 1.54) is 0 Å². The Balaban J connectivity index is 2.91. The maximum Gasteiger partial charge on any atom is 0.270 e. The number of benzene rings is 1. The van der Waals surface area contributed by atoms with Gasteiger partial charge >= 0.3 is 0 Å². The minimum Gasteiger partial charge on any atom is -0.395 e. The van der Waals surface area contributed by atoms with Gasteiger partial charge in [-0.25, -0.2) is 0 Å². The van der Waals surface area contributed by atoms with Crippen LogP contribution in [0.1, 0.15) is 31.9 Å². The largest absolute Gasteiger partial charge is 0.395 e. The lowest BCUT2D eigenvalue weighted by Crippen LogP contribution is -2.55. The monoisotopic (exact) mass is 319 g/mol. The maximum absolute atomic E-state index is 12.4. The lowest BCUT2D eigenvalue weighted by Gasteiger charge is -2.30. The van der Waals surface area contributed by atoms with Crippen molar-refractivity contribution < 1.29 is 14.7 Å². The highest BCUT2D eigenvalue weighted by Crippen LogP contribution is 2.20. The zero-order valence-corrected chi connectivity index (χ0v) is 14.1. The van der Waals surface area contributed by atoms with E-state index in [9.17, 15) is 9.59 Å². The van der Waals surface area contributed by atoms with Crippen LogP contribution in [-0.2, 0) is 9.59 Å². The lowest BCUT2D eigenvalue weighted by atomic mass is 9.85. The van der Waals surface area contributed by atoms with Crippen molar-refractivity contribution in [3.8, 4) is 0 Å². The van der Waals surface area contributed by atoms with E-state index in [1.54, 1.807) is 12.1 Å². The van der Waals surface area contributed by atoms with Crippen molar-refractivity contribution in [2.24, 2.45) is 5.41 Å². The summed E-state index contributed by atoms with van der Waals surface area (Å²) in [6, 6.07) is 6.33. The molecule has 0 radical (unpaired) electrons. The van der Waals surface area contributed by atoms with Gasteiger partial charge in [0.1, 0.15) is 11.8 Å². The van der Waals surface area contributed by atoms with Gasteiger partial charge in [0.25, 0.3) is 5.91 Å². The number of aliphatic hydroxyl groups is 1. The number of aliphatic hydroxyl groups excluding tert-OH is 1. The van der Waals surface area contributed by atoms with Crippen LogP contribution in [-0.4, -0.2) is 41.8 Å². The van der Waals surface area contributed by atoms with Crippen LogP contribution in [0.15, 0.2) is 24.3 Å². The van der Waals surface area contributed by atoms with E-state index in [2.05, 4.69) is 10.6 Å². The Morgan fingerprint density at radius 3 is 2.39 bits per heavy atom. The van der Waals surface area contributed by atoms with Crippen LogP contribution < -0.4 is 10.6 Å². The molecular weight excluding hydrogens is 294 g/mol. The molecule has 6 nitrogen and oxygen atoms in total. The van der Waals surface area contributed by atoms with Crippen molar-refractivity contribution in [1.82, 2.24) is 10.6 Å². The number of nitrogens with one attached hydrogen (secondary N) is 3. The van der Waals surface area contributed by atoms with Crippen LogP contribution in [0.2, 0.25) is 0 Å². The minimum absolute atomic E-state index is 0.122. The number of carbonyl (C=O) groups excluding carboxylic acids is 2. The molecule has 2 amide bonds. The first kappa shape index (κ1) is 18.8. The zero-order valence-electron chi connectivity index (χ0n) is 14.1. The summed E-state index contributed by atoms with van der Waals surface area (Å²) in [6.07, 6.45) is 0. The first-order valence-electron chi connectivity index (χ1n) is 7.52. The molecule has 1 unspecified atom stereocenters. The highest BCUT2D eigenvalue weighted by molar-refractivity contribution is 6.44. The van der Waals surface area contributed by atoms with Crippen LogP contribution in [0, 0.1) is 17.7 Å². The Morgan fingerprint density at radius 1 is 1.26 bits per heavy atom. The first-order chi connectivity index (χ1) is 10.7. The molecule has 0 aliphatic heterocycles. The number of hydrogen-bond acceptors (Lipinski definition) is 4. The van der Waals surface area contributed by atoms with Crippen LogP contribution in [0.25, 0.3) is 0 Å². The average molecular weight is 319 g/mol. The molecule has 1 atom stereocenters. The van der Waals surface area contributed by atoms with E-state index in [0.29, 0.717) is 5.56 Å². The number of rotatable bonds is 6. The van der Waals surface area contributed by atoms with Gasteiger partial charge < -0.3 is 15.7 Å². The average Bonchev–Trinajstić information content (AvgIpc) is 2.48. The molecule has 6 heteroatoms. The smallest absolute Gasteiger partial charge is 0.270 e. The van der Waals surface area contributed by atoms with Gasteiger partial charge in [0.15, 0.2) is 0 Å². The Hall–Kier alpha value is -2.21. The Labute approximate surface area is 136 Å². The summed E-state index contributed by atoms with van der Waals surface area (Å²) >= 11 is 0. The van der Waals surface area contributed by atoms with E-state index in [1.807, 2.05) is 39.8 Å². The van der Waals surface area contributed by atoms with Crippen molar-refractivity contribution in [3.05, 3.63) is 35.4 Å². The van der Waals surface area contributed by atoms with Gasteiger partial charge in [0.05, 0.1) is 6.61 Å². The molecule has 1 aromatic rings. The van der Waals surface area contributed by atoms with E-state index in [-0.39, 0.29) is 24.8 Å². The van der Waals surface area contributed by atoms with Gasteiger partial charge in [-0.2, -0.15) is 0 Å². The van der Waals surface area contributed by atoms with Gasteiger partial charge in [0, 0.05) is 12.1 Å². The van der Waals surface area contributed by atoms with Crippen LogP contribution >= 0.6 is 0 Å². The summed E-state index contributed by atoms with van der Waals surface area (Å²) in [4.78, 5) is 24.6. The van der Waals surface area contributed by atoms with E-state index < -0.39 is 17.4 Å². The fraction of sp³-hybridized carbons (Fsp3) is 0.471. The molecule has 126 valence electrons. The quantitative estimate of drug-likeness (QED) is 0.588. The molecule has 0 bridgehead atoms. The van der Waals surface area contributed by atoms with Gasteiger partial charge in [0.2, 0.25) is 5.91 Å². The molecule has 0 saturated heterocycles. The summed E-state index contributed by atoms with van der Waals surface area (Å²) in [5.74, 6) is -0.976. The SMILES string of the molecule is Cc1ccccc1C(=N)C(=O)NC(C(=O)NCCO)C(C)(C)C. The highest BCUT2D eigenvalue weighted by Gasteiger charge is 2.33. The van der Waals surface area contributed by atoms with Crippen LogP contribution in [0.4, 0.5) is 0 Å². The van der Waals surface area contributed by atoms with Gasteiger partial charge in [-0.1, -0.05) is 45.0 Å². The summed E-state index contributed by atoms with van der Waals surface area (Å²) in [5, 5.41) is 22.1. The molecule has 0 aliphatic carbocycles. The van der Waals surface area contributed by atoms with E-state index in [4.69, 9.17) is 10.5 Å². The molecule has 23 heavy (non-hydrogen) atoms. The zero-order chi connectivity index (χ0) is 17.6. The van der Waals surface area contributed by atoms with Crippen LogP contribution in [0.5, 0.6) is 0 Å². The van der Waals surface area contributed by atoms with E-state index in [0.717, 1.165) is 5.56 Å². The van der Waals surface area contributed by atoms with Gasteiger partial charge in [-0.3, -0.25) is 15.0 Å². The summed E-state index contributed by atoms with van der Waals surface area (Å²) in [5.41, 5.74) is 0.659. The van der Waals surface area contributed by atoms with Crippen molar-refractivity contribution >= 4 is 17.5 Å². The fourth-order valence-electron chi connectivity index (χ4n) is 2.14. The molecule has 0 spiro atoms. The van der Waals surface area contributed by atoms with Crippen molar-refractivity contribution in [3.63, 3.8) is 0 Å². The molecule has 0 fully saturated rings. The number of hydrogen-bond donors (Lipinski definition) is 4. The first-order valence-corrected chi connectivity index (χ1v) is 7.52. The minimum atomic E-state index is -0.800. The second-order valence-electron chi connectivity index (χ2n) is 6.48. The predicted molar refractivity (Wildman–Crippen MR) is 89.5 cm³/mol. The number of aryl methyl sites for hydroxylation is 1. The molecular formula is C17H25N3O3. The third-order valence-corrected chi connectivity index (χ3v) is 3.46. The summed E-state index contributed by atoms with van der Waals surface area (Å²) < 4.78 is 0. The van der Waals surface area contributed by atoms with Gasteiger partial charge in [-0.15, -0.1) is 0 Å².